The Labute approximate surface area is 190 Å². The Bertz CT molecular complexity index is 1120. The van der Waals surface area contributed by atoms with E-state index in [1.165, 1.54) is 17.5 Å². The number of β-amino-alcohol motifs (C(OH)–C–C–N with tert-alkyl or cyclic N) is 1. The van der Waals surface area contributed by atoms with Crippen molar-refractivity contribution >= 4 is 64.6 Å². The lowest BCUT2D eigenvalue weighted by Gasteiger charge is -2.17. The van der Waals surface area contributed by atoms with Crippen molar-refractivity contribution in [3.8, 4) is 0 Å². The summed E-state index contributed by atoms with van der Waals surface area (Å²) in [4.78, 5) is 28.2. The van der Waals surface area contributed by atoms with E-state index >= 15 is 0 Å². The molecule has 1 atom stereocenters. The van der Waals surface area contributed by atoms with Gasteiger partial charge >= 0.3 is 0 Å². The highest BCUT2D eigenvalue weighted by molar-refractivity contribution is 7.17. The van der Waals surface area contributed by atoms with Crippen LogP contribution in [-0.4, -0.2) is 53.0 Å². The molecule has 3 aromatic rings. The van der Waals surface area contributed by atoms with Gasteiger partial charge in [-0.05, 0) is 31.9 Å². The maximum absolute atomic E-state index is 12.7. The van der Waals surface area contributed by atoms with Crippen molar-refractivity contribution in [1.82, 2.24) is 15.0 Å². The highest BCUT2D eigenvalue weighted by Crippen LogP contribution is 2.28. The lowest BCUT2D eigenvalue weighted by Crippen LogP contribution is -2.22. The predicted octanol–water partition coefficient (Wildman–Crippen LogP) is 2.56. The van der Waals surface area contributed by atoms with Crippen LogP contribution >= 0.6 is 22.9 Å². The number of aromatic nitrogens is 3. The van der Waals surface area contributed by atoms with Crippen LogP contribution in [0.5, 0.6) is 0 Å². The van der Waals surface area contributed by atoms with Crippen molar-refractivity contribution < 1.29 is 9.90 Å². The molecule has 1 amide bonds. The zero-order valence-corrected chi connectivity index (χ0v) is 18.6. The summed E-state index contributed by atoms with van der Waals surface area (Å²) < 4.78 is 0. The fourth-order valence-electron chi connectivity index (χ4n) is 3.38. The second-order valence-electron chi connectivity index (χ2n) is 7.35. The number of nitrogens with zero attached hydrogens (tertiary/aromatic N) is 4. The van der Waals surface area contributed by atoms with Gasteiger partial charge in [-0.2, -0.15) is 0 Å². The Morgan fingerprint density at radius 2 is 2.13 bits per heavy atom. The van der Waals surface area contributed by atoms with Crippen LogP contribution < -0.4 is 21.0 Å². The van der Waals surface area contributed by atoms with Gasteiger partial charge in [0.05, 0.1) is 23.0 Å². The first-order valence-electron chi connectivity index (χ1n) is 9.67. The molecule has 2 radical (unpaired) electrons. The van der Waals surface area contributed by atoms with E-state index in [2.05, 4.69) is 25.6 Å². The van der Waals surface area contributed by atoms with E-state index in [0.29, 0.717) is 50.8 Å². The number of carbonyl (C=O) groups excluding carboxylic acids is 1. The van der Waals surface area contributed by atoms with E-state index in [1.54, 1.807) is 19.1 Å². The van der Waals surface area contributed by atoms with Crippen LogP contribution in [0.3, 0.4) is 0 Å². The number of aliphatic hydroxyl groups excluding tert-OH is 1. The Morgan fingerprint density at radius 1 is 1.32 bits per heavy atom. The first kappa shape index (κ1) is 21.5. The van der Waals surface area contributed by atoms with E-state index in [1.807, 2.05) is 17.9 Å². The number of thiazole rings is 1. The Balaban J connectivity index is 1.48. The molecule has 1 aromatic carbocycles. The highest BCUT2D eigenvalue weighted by Gasteiger charge is 2.22. The number of aryl methyl sites for hydroxylation is 2. The summed E-state index contributed by atoms with van der Waals surface area (Å²) >= 11 is 7.42. The summed E-state index contributed by atoms with van der Waals surface area (Å²) in [6, 6.07) is 5.15. The quantitative estimate of drug-likeness (QED) is 0.509. The average Bonchev–Trinajstić information content (AvgIpc) is 3.33. The van der Waals surface area contributed by atoms with Gasteiger partial charge in [-0.1, -0.05) is 34.5 Å². The molecule has 1 fully saturated rings. The molecule has 0 aliphatic carbocycles. The van der Waals surface area contributed by atoms with Crippen molar-refractivity contribution in [3.05, 3.63) is 45.7 Å². The molecule has 1 saturated heterocycles. The monoisotopic (exact) mass is 454 g/mol. The molecular weight excluding hydrogens is 435 g/mol. The van der Waals surface area contributed by atoms with Crippen molar-refractivity contribution in [3.63, 3.8) is 0 Å². The molecule has 0 saturated carbocycles. The molecular formula is C20H20BClN6O2S. The molecule has 4 rings (SSSR count). The molecule has 31 heavy (non-hydrogen) atoms. The number of hydrogen-bond acceptors (Lipinski definition) is 8. The molecule has 1 aliphatic rings. The summed E-state index contributed by atoms with van der Waals surface area (Å²) in [5.74, 6) is 1.60. The predicted molar refractivity (Wildman–Crippen MR) is 125 cm³/mol. The van der Waals surface area contributed by atoms with Crippen LogP contribution in [0.2, 0.25) is 5.02 Å². The van der Waals surface area contributed by atoms with Gasteiger partial charge in [-0.25, -0.2) is 15.0 Å². The van der Waals surface area contributed by atoms with E-state index < -0.39 is 0 Å². The van der Waals surface area contributed by atoms with E-state index in [-0.39, 0.29) is 12.0 Å². The average molecular weight is 455 g/mol. The third kappa shape index (κ3) is 4.98. The van der Waals surface area contributed by atoms with Crippen LogP contribution in [0.1, 0.15) is 27.5 Å². The van der Waals surface area contributed by atoms with E-state index in [0.717, 1.165) is 17.9 Å². The maximum atomic E-state index is 12.7. The van der Waals surface area contributed by atoms with Gasteiger partial charge in [0, 0.05) is 19.2 Å². The summed E-state index contributed by atoms with van der Waals surface area (Å²) in [6.45, 7) is 4.92. The number of nitrogens with one attached hydrogen (secondary N) is 2. The molecule has 1 aliphatic heterocycles. The molecule has 3 heterocycles. The fraction of sp³-hybridized carbons (Fsp3) is 0.300. The third-order valence-electron chi connectivity index (χ3n) is 4.82. The van der Waals surface area contributed by atoms with Gasteiger partial charge in [0.15, 0.2) is 5.13 Å². The topological polar surface area (TPSA) is 103 Å². The molecule has 158 valence electrons. The number of aliphatic hydroxyl groups is 1. The smallest absolute Gasteiger partial charge is 0.267 e. The molecule has 2 aromatic heterocycles. The molecule has 8 nitrogen and oxygen atoms in total. The summed E-state index contributed by atoms with van der Waals surface area (Å²) in [5, 5.41) is 16.6. The number of amides is 1. The minimum atomic E-state index is -0.343. The maximum Gasteiger partial charge on any atom is 0.267 e. The van der Waals surface area contributed by atoms with E-state index in [9.17, 15) is 9.90 Å². The van der Waals surface area contributed by atoms with Gasteiger partial charge in [0.2, 0.25) is 0 Å². The number of rotatable bonds is 5. The van der Waals surface area contributed by atoms with Crippen molar-refractivity contribution in [2.75, 3.05) is 28.6 Å². The zero-order chi connectivity index (χ0) is 22.1. The molecule has 11 heteroatoms. The summed E-state index contributed by atoms with van der Waals surface area (Å²) in [5.41, 5.74) is 1.83. The lowest BCUT2D eigenvalue weighted by atomic mass is 9.94. The van der Waals surface area contributed by atoms with Crippen LogP contribution in [0.4, 0.5) is 22.5 Å². The number of halogens is 1. The molecule has 0 unspecified atom stereocenters. The second kappa shape index (κ2) is 8.82. The Kier molecular flexibility index (Phi) is 6.13. The highest BCUT2D eigenvalue weighted by atomic mass is 35.5. The molecule has 0 bridgehead atoms. The van der Waals surface area contributed by atoms with Crippen molar-refractivity contribution in [2.45, 2.75) is 26.4 Å². The third-order valence-corrected chi connectivity index (χ3v) is 6.03. The van der Waals surface area contributed by atoms with Crippen LogP contribution in [0, 0.1) is 13.8 Å². The largest absolute Gasteiger partial charge is 0.391 e. The first-order chi connectivity index (χ1) is 14.8. The van der Waals surface area contributed by atoms with Gasteiger partial charge in [0.1, 0.15) is 30.2 Å². The fourth-order valence-corrected chi connectivity index (χ4v) is 4.42. The number of benzene rings is 1. The second-order valence-corrected chi connectivity index (χ2v) is 8.79. The van der Waals surface area contributed by atoms with Gasteiger partial charge < -0.3 is 20.6 Å². The van der Waals surface area contributed by atoms with Crippen LogP contribution in [0.15, 0.2) is 24.4 Å². The van der Waals surface area contributed by atoms with Crippen molar-refractivity contribution in [1.29, 1.82) is 0 Å². The molecule has 3 N–H and O–H groups in total. The number of anilines is 4. The van der Waals surface area contributed by atoms with Crippen LogP contribution in [0.25, 0.3) is 0 Å². The minimum Gasteiger partial charge on any atom is -0.391 e. The summed E-state index contributed by atoms with van der Waals surface area (Å²) in [7, 11) is 5.78. The van der Waals surface area contributed by atoms with Gasteiger partial charge in [-0.15, -0.1) is 0 Å². The minimum absolute atomic E-state index is 0.314. The Morgan fingerprint density at radius 3 is 2.84 bits per heavy atom. The van der Waals surface area contributed by atoms with Gasteiger partial charge in [0.25, 0.3) is 5.91 Å². The number of hydrogen-bond donors (Lipinski definition) is 3. The standard InChI is InChI=1S/C20H20BClN6O2S/c1-10-5-12(21)6-14(22)18(10)27-19(30)15-8-23-20(31-15)26-16-7-17(25-11(2)24-16)28-4-3-13(29)9-28/h5-8,13,29H,3-4,9H2,1-2H3,(H,27,30)(H,23,24,25,26)/t13-/m1/s1. The molecule has 0 spiro atoms. The number of carbonyl (C=O) groups is 1. The lowest BCUT2D eigenvalue weighted by molar-refractivity contribution is 0.103. The van der Waals surface area contributed by atoms with E-state index in [4.69, 9.17) is 19.4 Å². The SMILES string of the molecule is [B]c1cc(C)c(NC(=O)c2cnc(Nc3cc(N4CC[C@@H](O)C4)nc(C)n3)s2)c(Cl)c1. The van der Waals surface area contributed by atoms with Gasteiger partial charge in [-0.3, -0.25) is 4.79 Å². The van der Waals surface area contributed by atoms with Crippen LogP contribution in [-0.2, 0) is 0 Å². The zero-order valence-electron chi connectivity index (χ0n) is 17.0. The first-order valence-corrected chi connectivity index (χ1v) is 10.9. The van der Waals surface area contributed by atoms with Crippen molar-refractivity contribution in [2.24, 2.45) is 0 Å². The summed E-state index contributed by atoms with van der Waals surface area (Å²) in [6.07, 6.45) is 1.87. The Hall–Kier alpha value is -2.69. The normalized spacial score (nSPS) is 15.9.